The minimum atomic E-state index is 0.489. The third-order valence-corrected chi connectivity index (χ3v) is 3.81. The molecule has 1 aromatic rings. The first-order valence-corrected chi connectivity index (χ1v) is 7.39. The number of rotatable bonds is 6. The smallest absolute Gasteiger partial charge is 0.202 e. The van der Waals surface area contributed by atoms with E-state index in [-0.39, 0.29) is 0 Å². The molecule has 1 heterocycles. The quantitative estimate of drug-likeness (QED) is 0.803. The summed E-state index contributed by atoms with van der Waals surface area (Å²) in [5.41, 5.74) is 1.60. The van der Waals surface area contributed by atoms with Gasteiger partial charge in [-0.05, 0) is 32.1 Å². The maximum Gasteiger partial charge on any atom is 0.202 e. The lowest BCUT2D eigenvalue weighted by atomic mass is 10.1. The summed E-state index contributed by atoms with van der Waals surface area (Å²) in [7, 11) is 1.66. The fourth-order valence-corrected chi connectivity index (χ4v) is 2.75. The minimum absolute atomic E-state index is 0.489. The maximum atomic E-state index is 5.00. The van der Waals surface area contributed by atoms with Crippen molar-refractivity contribution >= 4 is 16.7 Å². The van der Waals surface area contributed by atoms with Crippen molar-refractivity contribution < 1.29 is 4.74 Å². The van der Waals surface area contributed by atoms with Gasteiger partial charge in [0.15, 0.2) is 5.82 Å². The third-order valence-electron chi connectivity index (χ3n) is 3.10. The SMILES string of the molecule is COCc1nsc(NCCC2=CCCCCC2)n1. The number of ether oxygens (including phenoxy) is 1. The Morgan fingerprint density at radius 2 is 2.33 bits per heavy atom. The predicted octanol–water partition coefficient (Wildman–Crippen LogP) is 3.38. The Kier molecular flexibility index (Phi) is 5.61. The predicted molar refractivity (Wildman–Crippen MR) is 74.9 cm³/mol. The van der Waals surface area contributed by atoms with Gasteiger partial charge in [0.2, 0.25) is 5.13 Å². The molecule has 0 aromatic carbocycles. The molecule has 0 radical (unpaired) electrons. The highest BCUT2D eigenvalue weighted by molar-refractivity contribution is 7.09. The second-order valence-corrected chi connectivity index (χ2v) is 5.34. The molecule has 0 fully saturated rings. The minimum Gasteiger partial charge on any atom is -0.377 e. The number of hydrogen-bond donors (Lipinski definition) is 1. The van der Waals surface area contributed by atoms with Crippen LogP contribution >= 0.6 is 11.5 Å². The molecule has 100 valence electrons. The van der Waals surface area contributed by atoms with Crippen molar-refractivity contribution in [2.24, 2.45) is 0 Å². The number of nitrogens with zero attached hydrogens (tertiary/aromatic N) is 2. The number of nitrogens with one attached hydrogen (secondary N) is 1. The summed E-state index contributed by atoms with van der Waals surface area (Å²) in [4.78, 5) is 4.35. The summed E-state index contributed by atoms with van der Waals surface area (Å²) in [6.07, 6.45) is 10.2. The van der Waals surface area contributed by atoms with E-state index in [9.17, 15) is 0 Å². The number of anilines is 1. The highest BCUT2D eigenvalue weighted by Gasteiger charge is 2.05. The Morgan fingerprint density at radius 1 is 1.39 bits per heavy atom. The van der Waals surface area contributed by atoms with Crippen LogP contribution in [-0.2, 0) is 11.3 Å². The van der Waals surface area contributed by atoms with Crippen molar-refractivity contribution in [3.63, 3.8) is 0 Å². The van der Waals surface area contributed by atoms with E-state index < -0.39 is 0 Å². The summed E-state index contributed by atoms with van der Waals surface area (Å²) in [6, 6.07) is 0. The zero-order valence-corrected chi connectivity index (χ0v) is 11.8. The van der Waals surface area contributed by atoms with Gasteiger partial charge in [0, 0.05) is 25.2 Å². The molecule has 1 aliphatic carbocycles. The fourth-order valence-electron chi connectivity index (χ4n) is 2.15. The van der Waals surface area contributed by atoms with E-state index >= 15 is 0 Å². The Morgan fingerprint density at radius 3 is 3.22 bits per heavy atom. The maximum absolute atomic E-state index is 5.00. The van der Waals surface area contributed by atoms with Crippen molar-refractivity contribution in [3.05, 3.63) is 17.5 Å². The largest absolute Gasteiger partial charge is 0.377 e. The molecule has 1 aliphatic rings. The summed E-state index contributed by atoms with van der Waals surface area (Å²) < 4.78 is 9.21. The average molecular weight is 267 g/mol. The zero-order valence-electron chi connectivity index (χ0n) is 10.9. The van der Waals surface area contributed by atoms with E-state index in [1.54, 1.807) is 12.7 Å². The van der Waals surface area contributed by atoms with Crippen LogP contribution in [0.5, 0.6) is 0 Å². The molecule has 18 heavy (non-hydrogen) atoms. The van der Waals surface area contributed by atoms with Gasteiger partial charge >= 0.3 is 0 Å². The van der Waals surface area contributed by atoms with Crippen LogP contribution in [-0.4, -0.2) is 23.0 Å². The van der Waals surface area contributed by atoms with Crippen LogP contribution in [0.1, 0.15) is 44.3 Å². The second kappa shape index (κ2) is 7.48. The lowest BCUT2D eigenvalue weighted by molar-refractivity contribution is 0.179. The normalized spacial score (nSPS) is 16.2. The Balaban J connectivity index is 1.72. The van der Waals surface area contributed by atoms with Gasteiger partial charge in [0.25, 0.3) is 0 Å². The van der Waals surface area contributed by atoms with Gasteiger partial charge in [-0.25, -0.2) is 4.98 Å². The van der Waals surface area contributed by atoms with E-state index in [0.717, 1.165) is 23.9 Å². The first kappa shape index (κ1) is 13.5. The van der Waals surface area contributed by atoms with Crippen LogP contribution < -0.4 is 5.32 Å². The highest BCUT2D eigenvalue weighted by atomic mass is 32.1. The average Bonchev–Trinajstić information content (AvgIpc) is 2.65. The molecule has 1 N–H and O–H groups in total. The van der Waals surface area contributed by atoms with Crippen LogP contribution in [0.2, 0.25) is 0 Å². The molecule has 2 rings (SSSR count). The van der Waals surface area contributed by atoms with E-state index in [2.05, 4.69) is 20.8 Å². The van der Waals surface area contributed by atoms with Gasteiger partial charge in [-0.1, -0.05) is 18.1 Å². The van der Waals surface area contributed by atoms with Gasteiger partial charge in [0.1, 0.15) is 6.61 Å². The van der Waals surface area contributed by atoms with E-state index in [0.29, 0.717) is 6.61 Å². The van der Waals surface area contributed by atoms with Gasteiger partial charge in [0.05, 0.1) is 0 Å². The molecule has 0 amide bonds. The Bertz CT molecular complexity index is 389. The van der Waals surface area contributed by atoms with E-state index in [1.807, 2.05) is 0 Å². The lowest BCUT2D eigenvalue weighted by Crippen LogP contribution is -2.03. The summed E-state index contributed by atoms with van der Waals surface area (Å²) in [6.45, 7) is 1.44. The first-order chi connectivity index (χ1) is 8.88. The molecular weight excluding hydrogens is 246 g/mol. The fraction of sp³-hybridized carbons (Fsp3) is 0.692. The van der Waals surface area contributed by atoms with Crippen molar-refractivity contribution in [2.45, 2.75) is 45.1 Å². The number of methoxy groups -OCH3 is 1. The van der Waals surface area contributed by atoms with Gasteiger partial charge in [-0.15, -0.1) is 0 Å². The van der Waals surface area contributed by atoms with Crippen LogP contribution in [0.3, 0.4) is 0 Å². The zero-order chi connectivity index (χ0) is 12.6. The summed E-state index contributed by atoms with van der Waals surface area (Å²) >= 11 is 1.41. The first-order valence-electron chi connectivity index (χ1n) is 6.62. The molecule has 0 aliphatic heterocycles. The Labute approximate surface area is 113 Å². The van der Waals surface area contributed by atoms with E-state index in [4.69, 9.17) is 4.74 Å². The number of allylic oxidation sites excluding steroid dienone is 1. The van der Waals surface area contributed by atoms with Crippen molar-refractivity contribution in [2.75, 3.05) is 19.0 Å². The molecule has 0 spiro atoms. The molecule has 4 nitrogen and oxygen atoms in total. The van der Waals surface area contributed by atoms with Gasteiger partial charge in [-0.3, -0.25) is 0 Å². The summed E-state index contributed by atoms with van der Waals surface area (Å²) in [5.74, 6) is 0.763. The van der Waals surface area contributed by atoms with Crippen molar-refractivity contribution in [3.8, 4) is 0 Å². The summed E-state index contributed by atoms with van der Waals surface area (Å²) in [5, 5.41) is 4.24. The molecule has 1 aromatic heterocycles. The molecular formula is C13H21N3OS. The number of aromatic nitrogens is 2. The third kappa shape index (κ3) is 4.38. The monoisotopic (exact) mass is 267 g/mol. The Hall–Kier alpha value is -0.940. The van der Waals surface area contributed by atoms with Gasteiger partial charge < -0.3 is 10.1 Å². The number of hydrogen-bond acceptors (Lipinski definition) is 5. The van der Waals surface area contributed by atoms with Crippen LogP contribution in [0.25, 0.3) is 0 Å². The topological polar surface area (TPSA) is 47.0 Å². The molecule has 0 saturated carbocycles. The van der Waals surface area contributed by atoms with Crippen molar-refractivity contribution in [1.29, 1.82) is 0 Å². The molecule has 0 saturated heterocycles. The molecule has 0 bridgehead atoms. The molecule has 0 atom stereocenters. The van der Waals surface area contributed by atoms with Gasteiger partial charge in [-0.2, -0.15) is 4.37 Å². The van der Waals surface area contributed by atoms with E-state index in [1.165, 1.54) is 43.6 Å². The molecule has 0 unspecified atom stereocenters. The lowest BCUT2D eigenvalue weighted by Gasteiger charge is -2.05. The van der Waals surface area contributed by atoms with Crippen molar-refractivity contribution in [1.82, 2.24) is 9.36 Å². The van der Waals surface area contributed by atoms with Crippen LogP contribution in [0.15, 0.2) is 11.6 Å². The molecule has 5 heteroatoms. The van der Waals surface area contributed by atoms with Crippen LogP contribution in [0, 0.1) is 0 Å². The second-order valence-electron chi connectivity index (χ2n) is 4.59. The highest BCUT2D eigenvalue weighted by Crippen LogP contribution is 2.20. The van der Waals surface area contributed by atoms with Crippen LogP contribution in [0.4, 0.5) is 5.13 Å². The standard InChI is InChI=1S/C13H21N3OS/c1-17-10-12-15-13(18-16-12)14-9-8-11-6-4-2-3-5-7-11/h6H,2-5,7-10H2,1H3,(H,14,15,16).